The van der Waals surface area contributed by atoms with E-state index in [9.17, 15) is 9.59 Å². The topological polar surface area (TPSA) is 109 Å². The Labute approximate surface area is 208 Å². The number of nitrogens with zero attached hydrogens (tertiary/aromatic N) is 4. The second kappa shape index (κ2) is 12.5. The van der Waals surface area contributed by atoms with E-state index in [1.54, 1.807) is 24.8 Å². The number of pyridine rings is 2. The second-order valence-electron chi connectivity index (χ2n) is 7.69. The summed E-state index contributed by atoms with van der Waals surface area (Å²) in [5.74, 6) is -0.761. The molecule has 178 valence electrons. The average Bonchev–Trinajstić information content (AvgIpc) is 2.94. The van der Waals surface area contributed by atoms with Crippen molar-refractivity contribution >= 4 is 23.2 Å². The summed E-state index contributed by atoms with van der Waals surface area (Å²) < 4.78 is 0. The van der Waals surface area contributed by atoms with Gasteiger partial charge in [-0.2, -0.15) is 10.2 Å². The van der Waals surface area contributed by atoms with E-state index in [4.69, 9.17) is 0 Å². The monoisotopic (exact) mass is 476 g/mol. The van der Waals surface area contributed by atoms with Gasteiger partial charge in [0, 0.05) is 59.9 Å². The zero-order valence-electron chi connectivity index (χ0n) is 19.4. The van der Waals surface area contributed by atoms with Crippen molar-refractivity contribution in [1.82, 2.24) is 20.8 Å². The smallest absolute Gasteiger partial charge is 0.240 e. The third-order valence-electron chi connectivity index (χ3n) is 5.17. The molecule has 0 unspecified atom stereocenters. The normalized spacial score (nSPS) is 11.6. The maximum atomic E-state index is 12.4. The van der Waals surface area contributed by atoms with Crippen LogP contribution in [0.15, 0.2) is 120 Å². The minimum absolute atomic E-state index is 0.0425. The van der Waals surface area contributed by atoms with E-state index >= 15 is 0 Å². The van der Waals surface area contributed by atoms with Crippen LogP contribution in [0.4, 0.5) is 0 Å². The van der Waals surface area contributed by atoms with E-state index < -0.39 is 0 Å². The number of aromatic nitrogens is 2. The molecule has 8 nitrogen and oxygen atoms in total. The summed E-state index contributed by atoms with van der Waals surface area (Å²) in [6.45, 7) is 0. The molecule has 0 bridgehead atoms. The summed E-state index contributed by atoms with van der Waals surface area (Å²) in [7, 11) is 0. The number of carbonyl (C=O) groups excluding carboxylic acids is 2. The standard InChI is InChI=1S/C28H24N6O2/c35-25(31-33-27(21-7-3-1-4-8-21)23-13-17-29-18-14-23)11-12-26(36)32-34-28(22-9-5-2-6-10-22)24-15-19-30-20-16-24/h1-10,13-20H,11-12H2,(H,31,35)(H,32,36). The van der Waals surface area contributed by atoms with Crippen molar-refractivity contribution in [3.05, 3.63) is 132 Å². The fraction of sp³-hybridized carbons (Fsp3) is 0.0714. The Kier molecular flexibility index (Phi) is 8.37. The van der Waals surface area contributed by atoms with Gasteiger partial charge in [-0.1, -0.05) is 60.7 Å². The molecular formula is C28H24N6O2. The largest absolute Gasteiger partial charge is 0.273 e. The first kappa shape index (κ1) is 24.2. The van der Waals surface area contributed by atoms with Crippen LogP contribution in [0, 0.1) is 0 Å². The summed E-state index contributed by atoms with van der Waals surface area (Å²) in [6, 6.07) is 26.3. The molecular weight excluding hydrogens is 452 g/mol. The zero-order chi connectivity index (χ0) is 25.0. The van der Waals surface area contributed by atoms with Gasteiger partial charge in [0.2, 0.25) is 11.8 Å². The molecule has 2 heterocycles. The lowest BCUT2D eigenvalue weighted by Gasteiger charge is -2.08. The van der Waals surface area contributed by atoms with E-state index in [0.717, 1.165) is 22.3 Å². The lowest BCUT2D eigenvalue weighted by molar-refractivity contribution is -0.126. The van der Waals surface area contributed by atoms with Crippen molar-refractivity contribution in [2.24, 2.45) is 10.2 Å². The first-order valence-corrected chi connectivity index (χ1v) is 11.4. The summed E-state index contributed by atoms with van der Waals surface area (Å²) in [5.41, 5.74) is 9.64. The Morgan fingerprint density at radius 1 is 0.528 bits per heavy atom. The third-order valence-corrected chi connectivity index (χ3v) is 5.17. The second-order valence-corrected chi connectivity index (χ2v) is 7.69. The molecule has 0 fully saturated rings. The Morgan fingerprint density at radius 2 is 0.861 bits per heavy atom. The molecule has 0 atom stereocenters. The molecule has 0 aliphatic carbocycles. The minimum Gasteiger partial charge on any atom is -0.273 e. The van der Waals surface area contributed by atoms with Crippen LogP contribution in [0.3, 0.4) is 0 Å². The quantitative estimate of drug-likeness (QED) is 0.284. The van der Waals surface area contributed by atoms with Crippen LogP contribution in [0.1, 0.15) is 35.1 Å². The van der Waals surface area contributed by atoms with Crippen LogP contribution in [0.2, 0.25) is 0 Å². The fourth-order valence-corrected chi connectivity index (χ4v) is 3.38. The minimum atomic E-state index is -0.381. The summed E-state index contributed by atoms with van der Waals surface area (Å²) >= 11 is 0. The number of benzene rings is 2. The number of hydrogen-bond donors (Lipinski definition) is 2. The third kappa shape index (κ3) is 6.77. The Hall–Kier alpha value is -4.98. The first-order valence-electron chi connectivity index (χ1n) is 11.4. The van der Waals surface area contributed by atoms with Gasteiger partial charge in [-0.3, -0.25) is 19.6 Å². The molecule has 0 saturated carbocycles. The van der Waals surface area contributed by atoms with Crippen LogP contribution in [0.25, 0.3) is 0 Å². The highest BCUT2D eigenvalue weighted by Crippen LogP contribution is 2.11. The number of nitrogens with one attached hydrogen (secondary N) is 2. The molecule has 2 aromatic carbocycles. The Morgan fingerprint density at radius 3 is 1.22 bits per heavy atom. The number of rotatable bonds is 9. The van der Waals surface area contributed by atoms with E-state index in [-0.39, 0.29) is 24.7 Å². The number of amides is 2. The van der Waals surface area contributed by atoms with Crippen molar-refractivity contribution in [2.45, 2.75) is 12.8 Å². The van der Waals surface area contributed by atoms with Gasteiger partial charge in [-0.25, -0.2) is 10.9 Å². The molecule has 4 rings (SSSR count). The van der Waals surface area contributed by atoms with Gasteiger partial charge in [0.25, 0.3) is 0 Å². The van der Waals surface area contributed by atoms with E-state index in [2.05, 4.69) is 31.0 Å². The SMILES string of the molecule is O=C(CCC(=O)NN=C(c1ccccc1)c1ccncc1)NN=C(c1ccccc1)c1ccncc1. The van der Waals surface area contributed by atoms with E-state index in [0.29, 0.717) is 11.4 Å². The Bertz CT molecular complexity index is 1150. The molecule has 2 N–H and O–H groups in total. The van der Waals surface area contributed by atoms with Gasteiger partial charge in [0.05, 0.1) is 11.4 Å². The molecule has 36 heavy (non-hydrogen) atoms. The van der Waals surface area contributed by atoms with Gasteiger partial charge >= 0.3 is 0 Å². The maximum Gasteiger partial charge on any atom is 0.240 e. The predicted octanol–water partition coefficient (Wildman–Crippen LogP) is 3.69. The van der Waals surface area contributed by atoms with Gasteiger partial charge in [0.1, 0.15) is 0 Å². The van der Waals surface area contributed by atoms with Crippen LogP contribution in [0.5, 0.6) is 0 Å². The average molecular weight is 477 g/mol. The van der Waals surface area contributed by atoms with Crippen molar-refractivity contribution in [2.75, 3.05) is 0 Å². The summed E-state index contributed by atoms with van der Waals surface area (Å²) in [5, 5.41) is 8.64. The lowest BCUT2D eigenvalue weighted by atomic mass is 10.0. The highest BCUT2D eigenvalue weighted by Gasteiger charge is 2.11. The van der Waals surface area contributed by atoms with Crippen molar-refractivity contribution in [1.29, 1.82) is 0 Å². The molecule has 0 radical (unpaired) electrons. The van der Waals surface area contributed by atoms with Crippen LogP contribution in [-0.2, 0) is 9.59 Å². The van der Waals surface area contributed by atoms with Crippen LogP contribution in [-0.4, -0.2) is 33.2 Å². The van der Waals surface area contributed by atoms with E-state index in [1.807, 2.05) is 84.9 Å². The number of hydrogen-bond acceptors (Lipinski definition) is 6. The molecule has 0 aliphatic rings. The van der Waals surface area contributed by atoms with Crippen LogP contribution >= 0.6 is 0 Å². The van der Waals surface area contributed by atoms with Gasteiger partial charge in [-0.05, 0) is 24.3 Å². The predicted molar refractivity (Wildman–Crippen MR) is 138 cm³/mol. The van der Waals surface area contributed by atoms with Crippen molar-refractivity contribution < 1.29 is 9.59 Å². The zero-order valence-corrected chi connectivity index (χ0v) is 19.4. The van der Waals surface area contributed by atoms with Gasteiger partial charge in [0.15, 0.2) is 0 Å². The molecule has 2 aromatic heterocycles. The lowest BCUT2D eigenvalue weighted by Crippen LogP contribution is -2.25. The highest BCUT2D eigenvalue weighted by molar-refractivity contribution is 6.13. The molecule has 0 saturated heterocycles. The number of carbonyl (C=O) groups is 2. The molecule has 4 aromatic rings. The first-order chi connectivity index (χ1) is 17.7. The van der Waals surface area contributed by atoms with Crippen molar-refractivity contribution in [3.63, 3.8) is 0 Å². The molecule has 2 amide bonds. The van der Waals surface area contributed by atoms with E-state index in [1.165, 1.54) is 0 Å². The van der Waals surface area contributed by atoms with Crippen molar-refractivity contribution in [3.8, 4) is 0 Å². The highest BCUT2D eigenvalue weighted by atomic mass is 16.2. The molecule has 8 heteroatoms. The van der Waals surface area contributed by atoms with Crippen LogP contribution < -0.4 is 10.9 Å². The molecule has 0 aliphatic heterocycles. The maximum absolute atomic E-state index is 12.4. The summed E-state index contributed by atoms with van der Waals surface area (Å²) in [4.78, 5) is 33.0. The number of hydrazone groups is 2. The fourth-order valence-electron chi connectivity index (χ4n) is 3.38. The van der Waals surface area contributed by atoms with Gasteiger partial charge in [-0.15, -0.1) is 0 Å². The Balaban J connectivity index is 1.39. The van der Waals surface area contributed by atoms with Gasteiger partial charge < -0.3 is 0 Å². The summed E-state index contributed by atoms with van der Waals surface area (Å²) in [6.07, 6.45) is 6.57. The molecule has 0 spiro atoms.